The van der Waals surface area contributed by atoms with Gasteiger partial charge < -0.3 is 5.73 Å². The van der Waals surface area contributed by atoms with Crippen LogP contribution in [0, 0.1) is 0 Å². The third-order valence-electron chi connectivity index (χ3n) is 0.709. The molecule has 0 aromatic heterocycles. The lowest BCUT2D eigenvalue weighted by atomic mass is 10.4. The molecular weight excluding hydrogens is 118 g/mol. The predicted molar refractivity (Wildman–Crippen MR) is 40.6 cm³/mol. The molecule has 0 fully saturated rings. The van der Waals surface area contributed by atoms with Gasteiger partial charge in [-0.05, 0) is 6.08 Å². The quantitative estimate of drug-likeness (QED) is 0.426. The van der Waals surface area contributed by atoms with Gasteiger partial charge in [-0.1, -0.05) is 19.2 Å². The Hall–Kier alpha value is -0.630. The lowest BCUT2D eigenvalue weighted by molar-refractivity contribution is 1.42. The van der Waals surface area contributed by atoms with E-state index in [1.807, 2.05) is 0 Å². The summed E-state index contributed by atoms with van der Waals surface area (Å²) < 4.78 is 0. The average Bonchev–Trinajstić information content (AvgIpc) is 1.84. The summed E-state index contributed by atoms with van der Waals surface area (Å²) in [6.45, 7) is 6.92. The van der Waals surface area contributed by atoms with Gasteiger partial charge in [0, 0.05) is 10.6 Å². The number of hydrogen-bond acceptors (Lipinski definition) is 2. The SMILES string of the molecule is C=C/C(N)=C(/S)C=C. The molecule has 0 rings (SSSR count). The van der Waals surface area contributed by atoms with Gasteiger partial charge in [0.1, 0.15) is 0 Å². The van der Waals surface area contributed by atoms with Crippen molar-refractivity contribution in [1.29, 1.82) is 0 Å². The van der Waals surface area contributed by atoms with Crippen LogP contribution in [0.4, 0.5) is 0 Å². The van der Waals surface area contributed by atoms with Gasteiger partial charge in [-0.15, -0.1) is 12.6 Å². The van der Waals surface area contributed by atoms with E-state index < -0.39 is 0 Å². The largest absolute Gasteiger partial charge is 0.398 e. The summed E-state index contributed by atoms with van der Waals surface area (Å²) in [5.41, 5.74) is 5.90. The lowest BCUT2D eigenvalue weighted by Gasteiger charge is -1.91. The second kappa shape index (κ2) is 3.38. The molecule has 0 spiro atoms. The molecule has 0 atom stereocenters. The zero-order valence-corrected chi connectivity index (χ0v) is 5.49. The van der Waals surface area contributed by atoms with Crippen molar-refractivity contribution >= 4 is 12.6 Å². The van der Waals surface area contributed by atoms with Gasteiger partial charge in [0.25, 0.3) is 0 Å². The number of allylic oxidation sites excluding steroid dienone is 2. The molecule has 44 valence electrons. The van der Waals surface area contributed by atoms with Crippen LogP contribution in [0.15, 0.2) is 35.9 Å². The second-order valence-electron chi connectivity index (χ2n) is 1.25. The van der Waals surface area contributed by atoms with E-state index in [0.717, 1.165) is 0 Å². The molecule has 0 unspecified atom stereocenters. The Balaban J connectivity index is 4.25. The molecule has 0 aliphatic carbocycles. The van der Waals surface area contributed by atoms with Crippen LogP contribution < -0.4 is 5.73 Å². The van der Waals surface area contributed by atoms with Gasteiger partial charge in [-0.2, -0.15) is 0 Å². The molecule has 0 saturated carbocycles. The van der Waals surface area contributed by atoms with Crippen LogP contribution in [0.25, 0.3) is 0 Å². The third kappa shape index (κ3) is 1.89. The summed E-state index contributed by atoms with van der Waals surface area (Å²) in [5.74, 6) is 0. The molecule has 1 nitrogen and oxygen atoms in total. The zero-order valence-electron chi connectivity index (χ0n) is 4.59. The maximum absolute atomic E-state index is 5.34. The Morgan fingerprint density at radius 2 is 1.88 bits per heavy atom. The van der Waals surface area contributed by atoms with Crippen molar-refractivity contribution in [2.75, 3.05) is 0 Å². The molecule has 0 aliphatic rings. The highest BCUT2D eigenvalue weighted by Gasteiger charge is 1.84. The highest BCUT2D eigenvalue weighted by molar-refractivity contribution is 7.84. The minimum atomic E-state index is 0.559. The molecule has 2 heteroatoms. The molecule has 0 radical (unpaired) electrons. The Morgan fingerprint density at radius 3 is 2.00 bits per heavy atom. The fraction of sp³-hybridized carbons (Fsp3) is 0. The van der Waals surface area contributed by atoms with Gasteiger partial charge >= 0.3 is 0 Å². The molecule has 2 N–H and O–H groups in total. The topological polar surface area (TPSA) is 26.0 Å². The lowest BCUT2D eigenvalue weighted by Crippen LogP contribution is -1.93. The summed E-state index contributed by atoms with van der Waals surface area (Å²) >= 11 is 3.97. The molecule has 8 heavy (non-hydrogen) atoms. The van der Waals surface area contributed by atoms with Crippen LogP contribution in [0.2, 0.25) is 0 Å². The number of nitrogens with two attached hydrogens (primary N) is 1. The first-order valence-corrected chi connectivity index (χ1v) is 2.60. The Morgan fingerprint density at radius 1 is 1.38 bits per heavy atom. The van der Waals surface area contributed by atoms with Gasteiger partial charge in [-0.25, -0.2) is 0 Å². The van der Waals surface area contributed by atoms with Crippen molar-refractivity contribution in [2.24, 2.45) is 5.73 Å². The van der Waals surface area contributed by atoms with E-state index in [-0.39, 0.29) is 0 Å². The van der Waals surface area contributed by atoms with Crippen molar-refractivity contribution in [2.45, 2.75) is 0 Å². The summed E-state index contributed by atoms with van der Waals surface area (Å²) in [6, 6.07) is 0. The monoisotopic (exact) mass is 127 g/mol. The van der Waals surface area contributed by atoms with Crippen LogP contribution in [-0.2, 0) is 0 Å². The van der Waals surface area contributed by atoms with Crippen molar-refractivity contribution in [3.8, 4) is 0 Å². The van der Waals surface area contributed by atoms with E-state index >= 15 is 0 Å². The molecular formula is C6H9NS. The fourth-order valence-electron chi connectivity index (χ4n) is 0.222. The third-order valence-corrected chi connectivity index (χ3v) is 1.15. The predicted octanol–water partition coefficient (Wildman–Crippen LogP) is 1.46. The number of rotatable bonds is 2. The summed E-state index contributed by atoms with van der Waals surface area (Å²) in [4.78, 5) is 0.667. The zero-order chi connectivity index (χ0) is 6.57. The second-order valence-corrected chi connectivity index (χ2v) is 1.73. The van der Waals surface area contributed by atoms with E-state index in [4.69, 9.17) is 5.73 Å². The van der Waals surface area contributed by atoms with Crippen molar-refractivity contribution < 1.29 is 0 Å². The maximum atomic E-state index is 5.34. The van der Waals surface area contributed by atoms with Crippen molar-refractivity contribution in [3.63, 3.8) is 0 Å². The molecule has 0 bridgehead atoms. The van der Waals surface area contributed by atoms with E-state index in [2.05, 4.69) is 25.8 Å². The highest BCUT2D eigenvalue weighted by atomic mass is 32.1. The first-order valence-electron chi connectivity index (χ1n) is 2.16. The Kier molecular flexibility index (Phi) is 3.12. The Bertz CT molecular complexity index is 119. The molecule has 0 saturated heterocycles. The van der Waals surface area contributed by atoms with Crippen molar-refractivity contribution in [1.82, 2.24) is 0 Å². The van der Waals surface area contributed by atoms with E-state index in [0.29, 0.717) is 10.6 Å². The highest BCUT2D eigenvalue weighted by Crippen LogP contribution is 2.04. The van der Waals surface area contributed by atoms with E-state index in [1.165, 1.54) is 6.08 Å². The smallest absolute Gasteiger partial charge is 0.0443 e. The van der Waals surface area contributed by atoms with Gasteiger partial charge in [0.15, 0.2) is 0 Å². The van der Waals surface area contributed by atoms with E-state index in [1.54, 1.807) is 6.08 Å². The fourth-order valence-corrected chi connectivity index (χ4v) is 0.314. The molecule has 0 amide bonds. The van der Waals surface area contributed by atoms with Crippen LogP contribution in [0.3, 0.4) is 0 Å². The number of hydrogen-bond donors (Lipinski definition) is 2. The van der Waals surface area contributed by atoms with Crippen LogP contribution in [0.5, 0.6) is 0 Å². The maximum Gasteiger partial charge on any atom is 0.0443 e. The first kappa shape index (κ1) is 7.37. The van der Waals surface area contributed by atoms with Crippen molar-refractivity contribution in [3.05, 3.63) is 35.9 Å². The molecule has 0 aromatic rings. The van der Waals surface area contributed by atoms with Gasteiger partial charge in [-0.3, -0.25) is 0 Å². The first-order chi connectivity index (χ1) is 3.72. The summed E-state index contributed by atoms with van der Waals surface area (Å²) in [7, 11) is 0. The standard InChI is InChI=1S/C6H9NS/c1-3-5(7)6(8)4-2/h3-4,8H,1-2,7H2/b6-5-. The Labute approximate surface area is 55.0 Å². The summed E-state index contributed by atoms with van der Waals surface area (Å²) in [6.07, 6.45) is 3.10. The number of thiol groups is 1. The minimum Gasteiger partial charge on any atom is -0.398 e. The summed E-state index contributed by atoms with van der Waals surface area (Å²) in [5, 5.41) is 0. The molecule has 0 heterocycles. The van der Waals surface area contributed by atoms with Crippen LogP contribution in [-0.4, -0.2) is 0 Å². The van der Waals surface area contributed by atoms with E-state index in [9.17, 15) is 0 Å². The van der Waals surface area contributed by atoms with Gasteiger partial charge in [0.05, 0.1) is 0 Å². The minimum absolute atomic E-state index is 0.559. The molecule has 0 aromatic carbocycles. The molecule has 0 aliphatic heterocycles. The normalized spacial score (nSPS) is 12.1. The average molecular weight is 127 g/mol. The van der Waals surface area contributed by atoms with Gasteiger partial charge in [0.2, 0.25) is 0 Å². The van der Waals surface area contributed by atoms with Crippen LogP contribution >= 0.6 is 12.6 Å². The van der Waals surface area contributed by atoms with Crippen LogP contribution in [0.1, 0.15) is 0 Å².